The zero-order valence-electron chi connectivity index (χ0n) is 46.6. The highest BCUT2D eigenvalue weighted by molar-refractivity contribution is 7.52. The molecule has 6 atom stereocenters. The molecule has 0 radical (unpaired) electrons. The van der Waals surface area contributed by atoms with E-state index in [0.29, 0.717) is 47.9 Å². The van der Waals surface area contributed by atoms with Crippen LogP contribution in [0.5, 0.6) is 0 Å². The number of halogens is 6. The fraction of sp³-hybridized carbons (Fsp3) is 0.466. The van der Waals surface area contributed by atoms with Gasteiger partial charge >= 0.3 is 19.4 Å². The monoisotopic (exact) mass is 1250 g/mol. The molecule has 0 bridgehead atoms. The van der Waals surface area contributed by atoms with Crippen molar-refractivity contribution in [2.24, 2.45) is 11.7 Å². The predicted octanol–water partition coefficient (Wildman–Crippen LogP) is 4.30. The number of alkyl halides is 5. The Morgan fingerprint density at radius 1 is 0.874 bits per heavy atom. The van der Waals surface area contributed by atoms with Crippen LogP contribution in [0, 0.1) is 23.6 Å². The van der Waals surface area contributed by atoms with Crippen LogP contribution in [0.15, 0.2) is 66.7 Å². The van der Waals surface area contributed by atoms with Gasteiger partial charge in [-0.05, 0) is 116 Å². The van der Waals surface area contributed by atoms with Gasteiger partial charge in [0.1, 0.15) is 36.0 Å². The summed E-state index contributed by atoms with van der Waals surface area (Å²) in [5, 5.41) is 10.0. The van der Waals surface area contributed by atoms with E-state index in [-0.39, 0.29) is 104 Å². The second kappa shape index (κ2) is 26.3. The number of nitrogens with two attached hydrogens (primary N) is 1. The molecule has 9 amide bonds. The topological polar surface area (TPSA) is 298 Å². The summed E-state index contributed by atoms with van der Waals surface area (Å²) in [5.74, 6) is -0.398. The minimum absolute atomic E-state index is 0.0367. The van der Waals surface area contributed by atoms with Gasteiger partial charge in [-0.25, -0.2) is 4.39 Å². The van der Waals surface area contributed by atoms with E-state index < -0.39 is 128 Å². The summed E-state index contributed by atoms with van der Waals surface area (Å²) in [6.07, 6.45) is -3.03. The van der Waals surface area contributed by atoms with Crippen molar-refractivity contribution in [2.75, 3.05) is 32.7 Å². The van der Waals surface area contributed by atoms with E-state index >= 15 is 0 Å². The quantitative estimate of drug-likeness (QED) is 0.0317. The fourth-order valence-electron chi connectivity index (χ4n) is 11.9. The van der Waals surface area contributed by atoms with Crippen LogP contribution in [-0.2, 0) is 56.8 Å². The maximum Gasteiger partial charge on any atom is 0.401 e. The van der Waals surface area contributed by atoms with Gasteiger partial charge in [0.05, 0.1) is 11.4 Å². The third kappa shape index (κ3) is 15.0. The van der Waals surface area contributed by atoms with Gasteiger partial charge < -0.3 is 46.2 Å². The molecule has 3 aromatic carbocycles. The number of fused-ring (bicyclic) bond motifs is 3. The van der Waals surface area contributed by atoms with Gasteiger partial charge in [-0.1, -0.05) is 36.1 Å². The van der Waals surface area contributed by atoms with Crippen LogP contribution < -0.4 is 27.0 Å². The molecule has 87 heavy (non-hydrogen) atoms. The van der Waals surface area contributed by atoms with Crippen LogP contribution in [0.4, 0.5) is 26.3 Å². The van der Waals surface area contributed by atoms with Crippen molar-refractivity contribution in [1.29, 1.82) is 0 Å². The molecule has 0 spiro atoms. The maximum atomic E-state index is 14.7. The Labute approximate surface area is 498 Å². The molecule has 29 heteroatoms. The summed E-state index contributed by atoms with van der Waals surface area (Å²) >= 11 is 0.738. The third-order valence-corrected chi connectivity index (χ3v) is 18.5. The first-order chi connectivity index (χ1) is 41.1. The van der Waals surface area contributed by atoms with Gasteiger partial charge in [0.25, 0.3) is 11.8 Å². The molecular weight excluding hydrogens is 1190 g/mol. The number of carbonyl (C=O) groups excluding carboxylic acids is 9. The van der Waals surface area contributed by atoms with Gasteiger partial charge in [0.2, 0.25) is 41.4 Å². The van der Waals surface area contributed by atoms with Crippen molar-refractivity contribution >= 4 is 82.2 Å². The molecule has 21 nitrogen and oxygen atoms in total. The number of primary amides is 1. The highest BCUT2D eigenvalue weighted by atomic mass is 32.1. The molecule has 6 heterocycles. The zero-order valence-corrected chi connectivity index (χ0v) is 48.3. The molecule has 464 valence electrons. The Morgan fingerprint density at radius 3 is 2.30 bits per heavy atom. The molecule has 4 fully saturated rings. The lowest BCUT2D eigenvalue weighted by atomic mass is 9.91. The Morgan fingerprint density at radius 2 is 1.61 bits per heavy atom. The Hall–Kier alpha value is -7.70. The summed E-state index contributed by atoms with van der Waals surface area (Å²) in [6, 6.07) is 6.60. The number of rotatable bonds is 18. The first-order valence-electron chi connectivity index (χ1n) is 28.2. The Balaban J connectivity index is 0.862. The SMILES string of the molecule is NC(=O)CCC(NC(=O)[C@@H]1CC[C@@H]2CCN(CC(F)(F)F)C[C@H](NC(=O)c3cc4cc(C(F)(F)P(=O)(O)O)ccc4s3)C(=O)N21)C(=O)NC(Cc1ccc(F)cc1)C(=O)N1CCC(CCC#Cc2cccc3c2CN(C2CCC(=O)NC2=O)C3=O)CC1. The summed E-state index contributed by atoms with van der Waals surface area (Å²) < 4.78 is 96.8. The molecular formula is C58H62F6N9O12PS. The molecule has 1 aromatic heterocycles. The number of benzene rings is 3. The normalized spacial score (nSPS) is 21.2. The number of nitrogens with one attached hydrogen (secondary N) is 4. The highest BCUT2D eigenvalue weighted by Gasteiger charge is 2.51. The first kappa shape index (κ1) is 63.8. The van der Waals surface area contributed by atoms with Crippen molar-refractivity contribution < 1.29 is 83.8 Å². The number of imide groups is 1. The number of carbonyl (C=O) groups is 9. The Kier molecular flexibility index (Phi) is 19.3. The van der Waals surface area contributed by atoms with Gasteiger partial charge in [0, 0.05) is 85.8 Å². The smallest absolute Gasteiger partial charge is 0.370 e. The van der Waals surface area contributed by atoms with Crippen molar-refractivity contribution in [3.05, 3.63) is 105 Å². The average Bonchev–Trinajstić information content (AvgIpc) is 2.00. The molecule has 3 unspecified atom stereocenters. The van der Waals surface area contributed by atoms with Crippen molar-refractivity contribution in [3.8, 4) is 11.8 Å². The molecule has 0 aliphatic carbocycles. The van der Waals surface area contributed by atoms with Crippen LogP contribution in [0.3, 0.4) is 0 Å². The van der Waals surface area contributed by atoms with Gasteiger partial charge in [-0.3, -0.25) is 57.9 Å². The van der Waals surface area contributed by atoms with Crippen LogP contribution in [0.25, 0.3) is 10.1 Å². The number of hydrogen-bond acceptors (Lipinski definition) is 12. The third-order valence-electron chi connectivity index (χ3n) is 16.4. The summed E-state index contributed by atoms with van der Waals surface area (Å²) in [5.41, 5.74) is 2.12. The molecule has 9 rings (SSSR count). The molecule has 5 aliphatic heterocycles. The van der Waals surface area contributed by atoms with Crippen molar-refractivity contribution in [2.45, 2.75) is 132 Å². The lowest BCUT2D eigenvalue weighted by molar-refractivity contribution is -0.154. The number of likely N-dealkylation sites (tertiary alicyclic amines) is 1. The summed E-state index contributed by atoms with van der Waals surface area (Å²) in [7, 11) is -5.97. The molecule has 8 N–H and O–H groups in total. The second-order valence-corrected chi connectivity index (χ2v) is 25.1. The van der Waals surface area contributed by atoms with Gasteiger partial charge in [0.15, 0.2) is 0 Å². The number of thiophene rings is 1. The Bertz CT molecular complexity index is 3490. The molecule has 4 saturated heterocycles. The van der Waals surface area contributed by atoms with Crippen LogP contribution in [-0.4, -0.2) is 158 Å². The summed E-state index contributed by atoms with van der Waals surface area (Å²) in [6.45, 7) is -1.66. The number of hydrogen-bond donors (Lipinski definition) is 7. The standard InChI is InChI=1S/C58H62F6N9O12PS/c59-37-11-8-33(9-12-37)26-42(55(81)71-24-20-32(21-25-71)4-1-2-5-34-6-3-7-39-40(34)29-72(54(39)80)44-16-19-49(75)69-51(44)77)67-50(76)41(14-18-48(65)74)66-52(78)45-15-13-38-22-23-70(31-57(60,61)62)30-43(56(82)73(38)45)68-53(79)47-28-35-27-36(10-17-46(35)87-47)58(63,64)86(83,84)85/h3,6-12,17,27-28,32,38,41-45H,1,4,13-16,18-26,29-31H2,(H2,65,74)(H,66,78)(H,67,76)(H,68,79)(H,69,75,77)(H2,83,84,85)/t38-,41?,42?,43+,44?,45+/m1/s1. The predicted molar refractivity (Wildman–Crippen MR) is 300 cm³/mol. The minimum atomic E-state index is -5.97. The minimum Gasteiger partial charge on any atom is -0.370 e. The van der Waals surface area contributed by atoms with E-state index in [1.165, 1.54) is 29.2 Å². The summed E-state index contributed by atoms with van der Waals surface area (Å²) in [4.78, 5) is 145. The van der Waals surface area contributed by atoms with E-state index in [2.05, 4.69) is 33.1 Å². The van der Waals surface area contributed by atoms with Gasteiger partial charge in [-0.15, -0.1) is 11.3 Å². The number of nitrogens with zero attached hydrogens (tertiary/aromatic N) is 4. The van der Waals surface area contributed by atoms with Crippen LogP contribution in [0.2, 0.25) is 0 Å². The second-order valence-electron chi connectivity index (χ2n) is 22.4. The van der Waals surface area contributed by atoms with E-state index in [1.54, 1.807) is 23.1 Å². The highest BCUT2D eigenvalue weighted by Crippen LogP contribution is 2.59. The lowest BCUT2D eigenvalue weighted by Gasteiger charge is -2.39. The van der Waals surface area contributed by atoms with Crippen LogP contribution in [0.1, 0.15) is 113 Å². The maximum absolute atomic E-state index is 14.7. The first-order valence-corrected chi connectivity index (χ1v) is 30.6. The molecule has 0 saturated carbocycles. The fourth-order valence-corrected chi connectivity index (χ4v) is 13.3. The van der Waals surface area contributed by atoms with E-state index in [9.17, 15) is 83.8 Å². The number of amides is 9. The van der Waals surface area contributed by atoms with Crippen molar-refractivity contribution in [3.63, 3.8) is 0 Å². The van der Waals surface area contributed by atoms with Gasteiger partial charge in [-0.2, -0.15) is 22.0 Å². The van der Waals surface area contributed by atoms with E-state index in [0.717, 1.165) is 45.4 Å². The molecule has 5 aliphatic rings. The van der Waals surface area contributed by atoms with E-state index in [4.69, 9.17) is 5.73 Å². The average molecular weight is 1250 g/mol. The van der Waals surface area contributed by atoms with E-state index in [1.807, 2.05) is 0 Å². The molecule has 4 aromatic rings. The largest absolute Gasteiger partial charge is 0.401 e. The lowest BCUT2D eigenvalue weighted by Crippen LogP contribution is -2.62. The zero-order chi connectivity index (χ0) is 62.7. The number of piperidine rings is 2. The van der Waals surface area contributed by atoms with Crippen LogP contribution >= 0.6 is 18.9 Å². The van der Waals surface area contributed by atoms with Crippen molar-refractivity contribution in [1.82, 2.24) is 40.9 Å².